The predicted molar refractivity (Wildman–Crippen MR) is 91.8 cm³/mol. The van der Waals surface area contributed by atoms with E-state index in [1.165, 1.54) is 34.6 Å². The Bertz CT molecular complexity index is 1010. The second-order valence-electron chi connectivity index (χ2n) is 5.63. The maximum absolute atomic E-state index is 14.6. The number of fused-ring (bicyclic) bond motifs is 1. The van der Waals surface area contributed by atoms with Gasteiger partial charge in [-0.05, 0) is 41.1 Å². The van der Waals surface area contributed by atoms with Crippen LogP contribution in [0.5, 0.6) is 5.75 Å². The van der Waals surface area contributed by atoms with Crippen molar-refractivity contribution in [1.29, 1.82) is 0 Å². The molecule has 2 aromatic carbocycles. The molecule has 1 aromatic heterocycles. The molecule has 1 heterocycles. The molecule has 0 atom stereocenters. The minimum absolute atomic E-state index is 0.00630. The molecule has 0 bridgehead atoms. The molecule has 0 amide bonds. The van der Waals surface area contributed by atoms with E-state index in [0.717, 1.165) is 5.56 Å². The summed E-state index contributed by atoms with van der Waals surface area (Å²) >= 11 is 3.11. The minimum atomic E-state index is -2.97. The first kappa shape index (κ1) is 17.6. The monoisotopic (exact) mass is 414 g/mol. The van der Waals surface area contributed by atoms with Gasteiger partial charge in [0.15, 0.2) is 5.82 Å². The van der Waals surface area contributed by atoms with Crippen molar-refractivity contribution >= 4 is 26.8 Å². The van der Waals surface area contributed by atoms with Crippen molar-refractivity contribution in [1.82, 2.24) is 9.36 Å². The zero-order chi connectivity index (χ0) is 18.3. The molecule has 0 saturated heterocycles. The van der Waals surface area contributed by atoms with Crippen molar-refractivity contribution in [3.05, 3.63) is 62.1 Å². The van der Waals surface area contributed by atoms with Gasteiger partial charge in [0.05, 0.1) is 16.4 Å². The summed E-state index contributed by atoms with van der Waals surface area (Å²) in [7, 11) is 1.50. The Labute approximate surface area is 149 Å². The van der Waals surface area contributed by atoms with E-state index in [2.05, 4.69) is 20.7 Å². The first-order valence-corrected chi connectivity index (χ1v) is 8.16. The highest BCUT2D eigenvalue weighted by Gasteiger charge is 2.19. The van der Waals surface area contributed by atoms with E-state index >= 15 is 0 Å². The SMILES string of the molecule is Cc1ccc(OC(F)F)c(Cn2c3c(F)c(Br)ccc3c(=O)n2C)c1. The largest absolute Gasteiger partial charge is 0.434 e. The fourth-order valence-corrected chi connectivity index (χ4v) is 3.11. The molecular formula is C17H14BrF3N2O2. The lowest BCUT2D eigenvalue weighted by Crippen LogP contribution is -2.20. The van der Waals surface area contributed by atoms with Gasteiger partial charge in [-0.15, -0.1) is 0 Å². The molecule has 0 aliphatic heterocycles. The third kappa shape index (κ3) is 3.18. The van der Waals surface area contributed by atoms with Crippen molar-refractivity contribution in [3.63, 3.8) is 0 Å². The van der Waals surface area contributed by atoms with Gasteiger partial charge in [0.25, 0.3) is 5.56 Å². The van der Waals surface area contributed by atoms with Crippen LogP contribution < -0.4 is 10.3 Å². The number of nitrogens with zero attached hydrogens (tertiary/aromatic N) is 2. The normalized spacial score (nSPS) is 11.5. The lowest BCUT2D eigenvalue weighted by atomic mass is 10.1. The van der Waals surface area contributed by atoms with Crippen molar-refractivity contribution in [2.24, 2.45) is 7.05 Å². The number of aromatic nitrogens is 2. The minimum Gasteiger partial charge on any atom is -0.434 e. The van der Waals surface area contributed by atoms with Crippen LogP contribution in [-0.4, -0.2) is 16.0 Å². The molecule has 0 N–H and O–H groups in total. The standard InChI is InChI=1S/C17H14BrF3N2O2/c1-9-3-6-13(25-17(20)21)10(7-9)8-23-15-11(16(24)22(23)2)4-5-12(18)14(15)19/h3-7,17H,8H2,1-2H3. The van der Waals surface area contributed by atoms with Crippen molar-refractivity contribution in [2.45, 2.75) is 20.1 Å². The second-order valence-corrected chi connectivity index (χ2v) is 6.49. The zero-order valence-electron chi connectivity index (χ0n) is 13.4. The Morgan fingerprint density at radius 1 is 1.24 bits per heavy atom. The van der Waals surface area contributed by atoms with Crippen molar-refractivity contribution < 1.29 is 17.9 Å². The van der Waals surface area contributed by atoms with Gasteiger partial charge in [-0.25, -0.2) is 4.39 Å². The van der Waals surface area contributed by atoms with Crippen LogP contribution in [0.15, 0.2) is 39.6 Å². The second kappa shape index (κ2) is 6.59. The van der Waals surface area contributed by atoms with E-state index in [1.54, 1.807) is 19.1 Å². The highest BCUT2D eigenvalue weighted by Crippen LogP contribution is 2.27. The van der Waals surface area contributed by atoms with Gasteiger partial charge >= 0.3 is 6.61 Å². The summed E-state index contributed by atoms with van der Waals surface area (Å²) in [5.41, 5.74) is 0.990. The molecule has 3 rings (SSSR count). The highest BCUT2D eigenvalue weighted by atomic mass is 79.9. The number of rotatable bonds is 4. The van der Waals surface area contributed by atoms with Gasteiger partial charge in [-0.2, -0.15) is 8.78 Å². The number of benzene rings is 2. The Kier molecular flexibility index (Phi) is 4.64. The molecule has 8 heteroatoms. The van der Waals surface area contributed by atoms with E-state index in [1.807, 2.05) is 0 Å². The third-order valence-corrected chi connectivity index (χ3v) is 4.58. The zero-order valence-corrected chi connectivity index (χ0v) is 15.0. The number of halogens is 4. The van der Waals surface area contributed by atoms with Gasteiger partial charge in [0.1, 0.15) is 11.3 Å². The molecule has 132 valence electrons. The topological polar surface area (TPSA) is 36.2 Å². The Morgan fingerprint density at radius 3 is 2.64 bits per heavy atom. The van der Waals surface area contributed by atoms with Gasteiger partial charge in [0.2, 0.25) is 0 Å². The van der Waals surface area contributed by atoms with Crippen LogP contribution in [0.1, 0.15) is 11.1 Å². The molecule has 0 saturated carbocycles. The number of aryl methyl sites for hydroxylation is 1. The smallest absolute Gasteiger partial charge is 0.387 e. The summed E-state index contributed by atoms with van der Waals surface area (Å²) in [5, 5.41) is 0.215. The summed E-state index contributed by atoms with van der Waals surface area (Å²) < 4.78 is 47.3. The Hall–Kier alpha value is -2.22. The fourth-order valence-electron chi connectivity index (χ4n) is 2.79. The average Bonchev–Trinajstić information content (AvgIpc) is 2.78. The summed E-state index contributed by atoms with van der Waals surface area (Å²) in [6.07, 6.45) is 0. The van der Waals surface area contributed by atoms with E-state index in [9.17, 15) is 18.0 Å². The van der Waals surface area contributed by atoms with Crippen LogP contribution in [0.4, 0.5) is 13.2 Å². The van der Waals surface area contributed by atoms with Crippen LogP contribution in [0.3, 0.4) is 0 Å². The van der Waals surface area contributed by atoms with Gasteiger partial charge in [-0.3, -0.25) is 14.2 Å². The lowest BCUT2D eigenvalue weighted by molar-refractivity contribution is -0.0505. The number of alkyl halides is 2. The quantitative estimate of drug-likeness (QED) is 0.641. The number of ether oxygens (including phenoxy) is 1. The van der Waals surface area contributed by atoms with Crippen LogP contribution in [0.25, 0.3) is 10.9 Å². The molecule has 0 aliphatic carbocycles. The average molecular weight is 415 g/mol. The lowest BCUT2D eigenvalue weighted by Gasteiger charge is -2.15. The van der Waals surface area contributed by atoms with Gasteiger partial charge in [-0.1, -0.05) is 17.7 Å². The summed E-state index contributed by atoms with van der Waals surface area (Å²) in [5.74, 6) is -0.593. The highest BCUT2D eigenvalue weighted by molar-refractivity contribution is 9.10. The van der Waals surface area contributed by atoms with Crippen LogP contribution >= 0.6 is 15.9 Å². The van der Waals surface area contributed by atoms with Gasteiger partial charge in [0, 0.05) is 12.6 Å². The van der Waals surface area contributed by atoms with Crippen LogP contribution in [-0.2, 0) is 13.6 Å². The molecule has 0 aliphatic rings. The molecule has 4 nitrogen and oxygen atoms in total. The number of hydrogen-bond acceptors (Lipinski definition) is 2. The van der Waals surface area contributed by atoms with Crippen molar-refractivity contribution in [2.75, 3.05) is 0 Å². The Balaban J connectivity index is 2.20. The molecule has 25 heavy (non-hydrogen) atoms. The molecule has 0 fully saturated rings. The number of hydrogen-bond donors (Lipinski definition) is 0. The molecule has 0 spiro atoms. The third-order valence-electron chi connectivity index (χ3n) is 3.97. The summed E-state index contributed by atoms with van der Waals surface area (Å²) in [6.45, 7) is -1.16. The summed E-state index contributed by atoms with van der Waals surface area (Å²) in [4.78, 5) is 12.3. The van der Waals surface area contributed by atoms with E-state index < -0.39 is 12.4 Å². The maximum atomic E-state index is 14.6. The molecule has 0 unspecified atom stereocenters. The van der Waals surface area contributed by atoms with E-state index in [4.69, 9.17) is 0 Å². The first-order valence-electron chi connectivity index (χ1n) is 7.37. The molecular weight excluding hydrogens is 401 g/mol. The molecule has 3 aromatic rings. The predicted octanol–water partition coefficient (Wildman–Crippen LogP) is 4.20. The summed E-state index contributed by atoms with van der Waals surface area (Å²) in [6, 6.07) is 7.73. The van der Waals surface area contributed by atoms with E-state index in [-0.39, 0.29) is 33.2 Å². The van der Waals surface area contributed by atoms with E-state index in [0.29, 0.717) is 5.56 Å². The maximum Gasteiger partial charge on any atom is 0.387 e. The Morgan fingerprint density at radius 2 is 1.96 bits per heavy atom. The van der Waals surface area contributed by atoms with Crippen LogP contribution in [0, 0.1) is 12.7 Å². The van der Waals surface area contributed by atoms with Crippen LogP contribution in [0.2, 0.25) is 0 Å². The first-order chi connectivity index (χ1) is 11.8. The molecule has 0 radical (unpaired) electrons. The van der Waals surface area contributed by atoms with Gasteiger partial charge < -0.3 is 4.74 Å². The van der Waals surface area contributed by atoms with Crippen molar-refractivity contribution in [3.8, 4) is 5.75 Å². The fraction of sp³-hybridized carbons (Fsp3) is 0.235.